The second-order valence-electron chi connectivity index (χ2n) is 3.19. The quantitative estimate of drug-likeness (QED) is 0.354. The average molecular weight is 212 g/mol. The molecule has 0 spiro atoms. The molecule has 1 saturated carbocycles. The third-order valence-electron chi connectivity index (χ3n) is 2.42. The van der Waals surface area contributed by atoms with Crippen molar-refractivity contribution in [2.24, 2.45) is 0 Å². The van der Waals surface area contributed by atoms with Crippen LogP contribution in [0.4, 0.5) is 0 Å². The SMILES string of the molecule is CN(C(=S)S)C1CCCCC1.[Na+]. The maximum absolute atomic E-state index is 4.99. The van der Waals surface area contributed by atoms with Gasteiger partial charge in [0, 0.05) is 13.1 Å². The Labute approximate surface area is 108 Å². The van der Waals surface area contributed by atoms with Crippen molar-refractivity contribution in [1.29, 1.82) is 0 Å². The molecule has 0 unspecified atom stereocenters. The molecule has 1 fully saturated rings. The molecule has 1 rings (SSSR count). The first-order chi connectivity index (χ1) is 5.22. The normalized spacial score (nSPS) is 18.2. The van der Waals surface area contributed by atoms with Crippen LogP contribution in [0.1, 0.15) is 32.1 Å². The first-order valence-corrected chi connectivity index (χ1v) is 5.03. The number of thiol groups is 1. The Balaban J connectivity index is 0.00000121. The van der Waals surface area contributed by atoms with Crippen LogP contribution in [0, 0.1) is 0 Å². The van der Waals surface area contributed by atoms with Gasteiger partial charge in [-0.25, -0.2) is 0 Å². The van der Waals surface area contributed by atoms with Gasteiger partial charge in [-0.1, -0.05) is 31.5 Å². The summed E-state index contributed by atoms with van der Waals surface area (Å²) >= 11 is 9.15. The van der Waals surface area contributed by atoms with E-state index >= 15 is 0 Å². The summed E-state index contributed by atoms with van der Waals surface area (Å²) in [6, 6.07) is 0.661. The standard InChI is InChI=1S/C8H15NS2.Na/c1-9(8(10)11)7-5-3-2-4-6-7;/h7H,2-6H2,1H3,(H,10,11);/q;+1. The second-order valence-corrected chi connectivity index (χ2v) is 4.30. The zero-order valence-corrected chi connectivity index (χ0v) is 11.6. The molecule has 0 aliphatic heterocycles. The monoisotopic (exact) mass is 212 g/mol. The molecule has 1 aliphatic rings. The third-order valence-corrected chi connectivity index (χ3v) is 3.03. The minimum Gasteiger partial charge on any atom is -0.358 e. The number of rotatable bonds is 1. The van der Waals surface area contributed by atoms with Crippen LogP contribution in [0.2, 0.25) is 0 Å². The van der Waals surface area contributed by atoms with E-state index in [2.05, 4.69) is 17.5 Å². The first-order valence-electron chi connectivity index (χ1n) is 4.17. The van der Waals surface area contributed by atoms with Crippen molar-refractivity contribution in [1.82, 2.24) is 4.90 Å². The summed E-state index contributed by atoms with van der Waals surface area (Å²) in [6.45, 7) is 0. The van der Waals surface area contributed by atoms with Gasteiger partial charge in [0.05, 0.1) is 0 Å². The molecule has 0 N–H and O–H groups in total. The maximum atomic E-state index is 4.99. The van der Waals surface area contributed by atoms with Crippen LogP contribution in [0.3, 0.4) is 0 Å². The molecule has 0 bridgehead atoms. The topological polar surface area (TPSA) is 3.24 Å². The molecule has 0 aromatic rings. The largest absolute Gasteiger partial charge is 1.00 e. The van der Waals surface area contributed by atoms with Crippen molar-refractivity contribution < 1.29 is 29.6 Å². The predicted octanol–water partition coefficient (Wildman–Crippen LogP) is -0.530. The average Bonchev–Trinajstić information content (AvgIpc) is 2.05. The van der Waals surface area contributed by atoms with E-state index in [-0.39, 0.29) is 29.6 Å². The molecule has 64 valence electrons. The molecule has 1 nitrogen and oxygen atoms in total. The van der Waals surface area contributed by atoms with Crippen LogP contribution in [-0.2, 0) is 0 Å². The van der Waals surface area contributed by atoms with E-state index < -0.39 is 0 Å². The minimum absolute atomic E-state index is 0. The molecule has 0 heterocycles. The summed E-state index contributed by atoms with van der Waals surface area (Å²) in [4.78, 5) is 2.12. The fourth-order valence-electron chi connectivity index (χ4n) is 1.62. The third kappa shape index (κ3) is 3.97. The Bertz CT molecular complexity index is 146. The minimum atomic E-state index is 0. The molecule has 0 atom stereocenters. The van der Waals surface area contributed by atoms with Crippen LogP contribution in [0.25, 0.3) is 0 Å². The molecule has 4 heteroatoms. The van der Waals surface area contributed by atoms with Crippen molar-refractivity contribution >= 4 is 29.2 Å². The fourth-order valence-corrected chi connectivity index (χ4v) is 1.94. The Hall–Kier alpha value is 1.24. The van der Waals surface area contributed by atoms with E-state index in [1.165, 1.54) is 32.1 Å². The Morgan fingerprint density at radius 3 is 2.25 bits per heavy atom. The Morgan fingerprint density at radius 2 is 1.83 bits per heavy atom. The Kier molecular flexibility index (Phi) is 7.35. The smallest absolute Gasteiger partial charge is 0.358 e. The summed E-state index contributed by atoms with van der Waals surface area (Å²) in [7, 11) is 2.05. The van der Waals surface area contributed by atoms with Crippen LogP contribution in [-0.4, -0.2) is 22.3 Å². The van der Waals surface area contributed by atoms with Crippen molar-refractivity contribution in [2.75, 3.05) is 7.05 Å². The zero-order chi connectivity index (χ0) is 8.27. The van der Waals surface area contributed by atoms with Gasteiger partial charge < -0.3 is 4.90 Å². The van der Waals surface area contributed by atoms with E-state index in [9.17, 15) is 0 Å². The molecule has 12 heavy (non-hydrogen) atoms. The van der Waals surface area contributed by atoms with Crippen LogP contribution < -0.4 is 29.6 Å². The predicted molar refractivity (Wildman–Crippen MR) is 56.2 cm³/mol. The molecule has 0 aromatic carbocycles. The summed E-state index contributed by atoms with van der Waals surface area (Å²) in [5.74, 6) is 0. The summed E-state index contributed by atoms with van der Waals surface area (Å²) in [5.41, 5.74) is 0. The van der Waals surface area contributed by atoms with Gasteiger partial charge >= 0.3 is 29.6 Å². The molecule has 0 aromatic heterocycles. The molecule has 0 radical (unpaired) electrons. The van der Waals surface area contributed by atoms with Gasteiger partial charge in [-0.05, 0) is 12.8 Å². The van der Waals surface area contributed by atoms with Crippen molar-refractivity contribution in [3.05, 3.63) is 0 Å². The maximum Gasteiger partial charge on any atom is 1.00 e. The summed E-state index contributed by atoms with van der Waals surface area (Å²) in [5, 5.41) is 0. The van der Waals surface area contributed by atoms with Gasteiger partial charge in [0.15, 0.2) is 0 Å². The van der Waals surface area contributed by atoms with Gasteiger partial charge in [0.1, 0.15) is 4.32 Å². The van der Waals surface area contributed by atoms with E-state index in [0.717, 1.165) is 4.32 Å². The van der Waals surface area contributed by atoms with E-state index in [4.69, 9.17) is 12.2 Å². The van der Waals surface area contributed by atoms with Gasteiger partial charge in [0.25, 0.3) is 0 Å². The Morgan fingerprint density at radius 1 is 1.33 bits per heavy atom. The van der Waals surface area contributed by atoms with E-state index in [1.807, 2.05) is 7.05 Å². The number of thiocarbonyl (C=S) groups is 1. The van der Waals surface area contributed by atoms with Gasteiger partial charge in [0.2, 0.25) is 0 Å². The number of hydrogen-bond donors (Lipinski definition) is 1. The number of hydrogen-bond acceptors (Lipinski definition) is 1. The van der Waals surface area contributed by atoms with Crippen molar-refractivity contribution in [3.63, 3.8) is 0 Å². The van der Waals surface area contributed by atoms with Gasteiger partial charge in [-0.2, -0.15) is 0 Å². The zero-order valence-electron chi connectivity index (χ0n) is 7.92. The molecule has 1 aliphatic carbocycles. The van der Waals surface area contributed by atoms with Crippen LogP contribution in [0.5, 0.6) is 0 Å². The fraction of sp³-hybridized carbons (Fsp3) is 0.875. The van der Waals surface area contributed by atoms with Crippen LogP contribution >= 0.6 is 24.8 Å². The van der Waals surface area contributed by atoms with Crippen molar-refractivity contribution in [3.8, 4) is 0 Å². The van der Waals surface area contributed by atoms with Crippen LogP contribution in [0.15, 0.2) is 0 Å². The molecule has 0 amide bonds. The van der Waals surface area contributed by atoms with Gasteiger partial charge in [-0.3, -0.25) is 0 Å². The van der Waals surface area contributed by atoms with E-state index in [1.54, 1.807) is 0 Å². The summed E-state index contributed by atoms with van der Waals surface area (Å²) < 4.78 is 0.733. The second kappa shape index (κ2) is 6.66. The molecular weight excluding hydrogens is 197 g/mol. The number of nitrogens with zero attached hydrogens (tertiary/aromatic N) is 1. The summed E-state index contributed by atoms with van der Waals surface area (Å²) in [6.07, 6.45) is 6.68. The first kappa shape index (κ1) is 13.2. The van der Waals surface area contributed by atoms with E-state index in [0.29, 0.717) is 6.04 Å². The van der Waals surface area contributed by atoms with Gasteiger partial charge in [-0.15, -0.1) is 12.6 Å². The van der Waals surface area contributed by atoms with Crippen molar-refractivity contribution in [2.45, 2.75) is 38.1 Å². The molecule has 0 saturated heterocycles. The molecular formula is C8H15NNaS2+.